The van der Waals surface area contributed by atoms with Crippen molar-refractivity contribution in [3.8, 4) is 16.9 Å². The largest absolute Gasteiger partial charge is 0.394 e. The van der Waals surface area contributed by atoms with Gasteiger partial charge in [-0.1, -0.05) is 41.4 Å². The van der Waals surface area contributed by atoms with Gasteiger partial charge < -0.3 is 15.7 Å². The summed E-state index contributed by atoms with van der Waals surface area (Å²) in [5.74, 6) is -1.33. The molecule has 37 heavy (non-hydrogen) atoms. The summed E-state index contributed by atoms with van der Waals surface area (Å²) in [6.07, 6.45) is 2.41. The van der Waals surface area contributed by atoms with Gasteiger partial charge in [-0.15, -0.1) is 0 Å². The van der Waals surface area contributed by atoms with Crippen molar-refractivity contribution in [1.29, 1.82) is 0 Å². The number of benzene rings is 2. The van der Waals surface area contributed by atoms with E-state index in [2.05, 4.69) is 20.7 Å². The summed E-state index contributed by atoms with van der Waals surface area (Å²) in [6.45, 7) is -0.165. The number of aliphatic hydroxyl groups is 1. The Bertz CT molecular complexity index is 1490. The quantitative estimate of drug-likeness (QED) is 0.310. The van der Waals surface area contributed by atoms with Gasteiger partial charge in [0, 0.05) is 11.6 Å². The number of aromatic nitrogens is 3. The van der Waals surface area contributed by atoms with E-state index in [1.54, 1.807) is 24.3 Å². The Morgan fingerprint density at radius 3 is 2.43 bits per heavy atom. The van der Waals surface area contributed by atoms with Gasteiger partial charge in [-0.25, -0.2) is 9.07 Å². The van der Waals surface area contributed by atoms with Crippen molar-refractivity contribution in [3.63, 3.8) is 0 Å². The Hall–Kier alpha value is -3.79. The maximum atomic E-state index is 13.3. The monoisotopic (exact) mass is 539 g/mol. The molecular formula is C26H20Cl2FN5O3. The van der Waals surface area contributed by atoms with Crippen LogP contribution in [0.15, 0.2) is 66.9 Å². The third kappa shape index (κ3) is 5.20. The van der Waals surface area contributed by atoms with Gasteiger partial charge in [0.25, 0.3) is 11.8 Å². The summed E-state index contributed by atoms with van der Waals surface area (Å²) in [5.41, 5.74) is 0.903. The number of nitrogens with one attached hydrogen (secondary N) is 2. The first-order chi connectivity index (χ1) is 17.8. The molecule has 0 bridgehead atoms. The smallest absolute Gasteiger partial charge is 0.272 e. The van der Waals surface area contributed by atoms with E-state index in [9.17, 15) is 19.1 Å². The van der Waals surface area contributed by atoms with E-state index in [1.165, 1.54) is 35.0 Å². The van der Waals surface area contributed by atoms with Crippen LogP contribution in [0.2, 0.25) is 10.0 Å². The van der Waals surface area contributed by atoms with E-state index in [0.717, 1.165) is 6.20 Å². The fourth-order valence-corrected chi connectivity index (χ4v) is 4.33. The van der Waals surface area contributed by atoms with E-state index in [-0.39, 0.29) is 33.7 Å². The summed E-state index contributed by atoms with van der Waals surface area (Å²) in [4.78, 5) is 30.2. The Kier molecular flexibility index (Phi) is 6.68. The van der Waals surface area contributed by atoms with Crippen LogP contribution in [0.25, 0.3) is 16.9 Å². The molecule has 1 saturated carbocycles. The van der Waals surface area contributed by atoms with Crippen LogP contribution in [0.4, 0.5) is 10.2 Å². The zero-order chi connectivity index (χ0) is 26.2. The highest BCUT2D eigenvalue weighted by atomic mass is 35.5. The normalized spacial score (nSPS) is 13.7. The number of carbonyl (C=O) groups excluding carboxylic acids is 2. The van der Waals surface area contributed by atoms with Crippen molar-refractivity contribution in [1.82, 2.24) is 20.1 Å². The second kappa shape index (κ2) is 9.93. The van der Waals surface area contributed by atoms with Crippen LogP contribution < -0.4 is 10.6 Å². The van der Waals surface area contributed by atoms with Gasteiger partial charge in [0.05, 0.1) is 45.3 Å². The van der Waals surface area contributed by atoms with Crippen molar-refractivity contribution in [2.75, 3.05) is 11.9 Å². The highest BCUT2D eigenvalue weighted by Crippen LogP contribution is 2.35. The highest BCUT2D eigenvalue weighted by molar-refractivity contribution is 6.38. The minimum Gasteiger partial charge on any atom is -0.394 e. The standard InChI is InChI=1S/C26H20Cl2FN5O3/c27-19-11-20(28)18(10-17(19)21-7-6-15(29)13-30-21)24(36)31-23-12-22(25(37)32-26(14-35)8-9-26)33-34(23)16-4-2-1-3-5-16/h1-7,10-13,35H,8-9,14H2,(H,31,36)(H,32,37). The number of pyridine rings is 1. The Balaban J connectivity index is 1.48. The summed E-state index contributed by atoms with van der Waals surface area (Å²) >= 11 is 12.7. The van der Waals surface area contributed by atoms with Crippen molar-refractivity contribution in [3.05, 3.63) is 94.0 Å². The van der Waals surface area contributed by atoms with Crippen LogP contribution in [-0.4, -0.2) is 43.8 Å². The molecule has 0 unspecified atom stereocenters. The molecule has 3 N–H and O–H groups in total. The molecule has 0 saturated heterocycles. The lowest BCUT2D eigenvalue weighted by Crippen LogP contribution is -2.39. The zero-order valence-electron chi connectivity index (χ0n) is 19.2. The number of carbonyl (C=O) groups is 2. The number of para-hydroxylation sites is 1. The molecule has 2 aromatic carbocycles. The SMILES string of the molecule is O=C(NC1(CO)CC1)c1cc(NC(=O)c2cc(-c3ccc(F)cn3)c(Cl)cc2Cl)n(-c2ccccc2)n1. The third-order valence-corrected chi connectivity index (χ3v) is 6.65. The lowest BCUT2D eigenvalue weighted by atomic mass is 10.1. The third-order valence-electron chi connectivity index (χ3n) is 6.02. The number of rotatable bonds is 7. The molecule has 1 fully saturated rings. The molecule has 2 aromatic heterocycles. The van der Waals surface area contributed by atoms with Gasteiger partial charge >= 0.3 is 0 Å². The lowest BCUT2D eigenvalue weighted by molar-refractivity contribution is 0.0900. The summed E-state index contributed by atoms with van der Waals surface area (Å²) in [7, 11) is 0. The lowest BCUT2D eigenvalue weighted by Gasteiger charge is -2.12. The molecule has 2 amide bonds. The number of halogens is 3. The summed E-state index contributed by atoms with van der Waals surface area (Å²) < 4.78 is 14.8. The summed E-state index contributed by atoms with van der Waals surface area (Å²) in [5, 5.41) is 19.9. The molecule has 2 heterocycles. The van der Waals surface area contributed by atoms with Crippen LogP contribution >= 0.6 is 23.2 Å². The zero-order valence-corrected chi connectivity index (χ0v) is 20.7. The molecule has 0 atom stereocenters. The Morgan fingerprint density at radius 1 is 1.03 bits per heavy atom. The number of hydrogen-bond donors (Lipinski definition) is 3. The van der Waals surface area contributed by atoms with Crippen LogP contribution in [0.1, 0.15) is 33.7 Å². The number of aliphatic hydroxyl groups excluding tert-OH is 1. The van der Waals surface area contributed by atoms with Gasteiger partial charge in [0.2, 0.25) is 0 Å². The molecule has 4 aromatic rings. The van der Waals surface area contributed by atoms with Gasteiger partial charge in [-0.05, 0) is 49.2 Å². The topological polar surface area (TPSA) is 109 Å². The second-order valence-electron chi connectivity index (χ2n) is 8.68. The molecule has 11 heteroatoms. The molecule has 5 rings (SSSR count). The highest BCUT2D eigenvalue weighted by Gasteiger charge is 2.44. The number of amides is 2. The second-order valence-corrected chi connectivity index (χ2v) is 9.50. The van der Waals surface area contributed by atoms with Gasteiger partial charge in [-0.2, -0.15) is 5.10 Å². The van der Waals surface area contributed by atoms with E-state index in [4.69, 9.17) is 23.2 Å². The predicted molar refractivity (Wildman–Crippen MR) is 138 cm³/mol. The van der Waals surface area contributed by atoms with Crippen LogP contribution in [0, 0.1) is 5.82 Å². The maximum absolute atomic E-state index is 13.3. The van der Waals surface area contributed by atoms with E-state index in [0.29, 0.717) is 29.8 Å². The van der Waals surface area contributed by atoms with E-state index in [1.807, 2.05) is 6.07 Å². The van der Waals surface area contributed by atoms with Crippen LogP contribution in [-0.2, 0) is 0 Å². The van der Waals surface area contributed by atoms with Crippen molar-refractivity contribution in [2.45, 2.75) is 18.4 Å². The number of nitrogens with zero attached hydrogens (tertiary/aromatic N) is 3. The Morgan fingerprint density at radius 2 is 1.78 bits per heavy atom. The first-order valence-electron chi connectivity index (χ1n) is 11.3. The van der Waals surface area contributed by atoms with Crippen molar-refractivity contribution in [2.24, 2.45) is 0 Å². The summed E-state index contributed by atoms with van der Waals surface area (Å²) in [6, 6.07) is 16.0. The number of anilines is 1. The average molecular weight is 540 g/mol. The fourth-order valence-electron chi connectivity index (χ4n) is 3.76. The Labute approximate surface area is 221 Å². The molecule has 1 aliphatic rings. The maximum Gasteiger partial charge on any atom is 0.272 e. The number of hydrogen-bond acceptors (Lipinski definition) is 5. The van der Waals surface area contributed by atoms with E-state index < -0.39 is 23.2 Å². The minimum atomic E-state index is -0.626. The fraction of sp³-hybridized carbons (Fsp3) is 0.154. The van der Waals surface area contributed by atoms with Gasteiger partial charge in [-0.3, -0.25) is 14.6 Å². The average Bonchev–Trinajstić information content (AvgIpc) is 3.54. The first-order valence-corrected chi connectivity index (χ1v) is 12.1. The molecule has 8 nitrogen and oxygen atoms in total. The molecule has 188 valence electrons. The van der Waals surface area contributed by atoms with E-state index >= 15 is 0 Å². The molecule has 0 radical (unpaired) electrons. The van der Waals surface area contributed by atoms with Gasteiger partial charge in [0.15, 0.2) is 5.69 Å². The van der Waals surface area contributed by atoms with Crippen molar-refractivity contribution < 1.29 is 19.1 Å². The first kappa shape index (κ1) is 24.9. The molecule has 0 spiro atoms. The van der Waals surface area contributed by atoms with Crippen LogP contribution in [0.5, 0.6) is 0 Å². The van der Waals surface area contributed by atoms with Crippen molar-refractivity contribution >= 4 is 40.8 Å². The molecular weight excluding hydrogens is 520 g/mol. The minimum absolute atomic E-state index is 0.0669. The molecule has 0 aliphatic heterocycles. The molecule has 1 aliphatic carbocycles. The predicted octanol–water partition coefficient (Wildman–Crippen LogP) is 4.89. The van der Waals surface area contributed by atoms with Crippen LogP contribution in [0.3, 0.4) is 0 Å². The van der Waals surface area contributed by atoms with Gasteiger partial charge in [0.1, 0.15) is 11.6 Å².